The van der Waals surface area contributed by atoms with E-state index < -0.39 is 10.0 Å². The topological polar surface area (TPSA) is 94.1 Å². The first kappa shape index (κ1) is 18.6. The van der Waals surface area contributed by atoms with Crippen molar-refractivity contribution in [2.75, 3.05) is 18.8 Å². The summed E-state index contributed by atoms with van der Waals surface area (Å²) in [7, 11) is -3.58. The molecule has 1 fully saturated rings. The zero-order valence-electron chi connectivity index (χ0n) is 15.5. The molecule has 2 aromatic heterocycles. The number of pyridine rings is 1. The average Bonchev–Trinajstić information content (AvgIpc) is 3.22. The number of nitrogens with two attached hydrogens (primary N) is 1. The Balaban J connectivity index is 1.54. The molecule has 0 atom stereocenters. The fourth-order valence-electron chi connectivity index (χ4n) is 3.64. The van der Waals surface area contributed by atoms with E-state index >= 15 is 0 Å². The fraction of sp³-hybridized carbons (Fsp3) is 0.300. The van der Waals surface area contributed by atoms with Crippen LogP contribution in [0.3, 0.4) is 0 Å². The molecule has 0 aliphatic carbocycles. The van der Waals surface area contributed by atoms with Gasteiger partial charge in [-0.1, -0.05) is 18.2 Å². The molecule has 0 radical (unpaired) electrons. The lowest BCUT2D eigenvalue weighted by atomic mass is 9.98. The molecule has 0 amide bonds. The molecule has 8 heteroatoms. The van der Waals surface area contributed by atoms with Gasteiger partial charge >= 0.3 is 0 Å². The van der Waals surface area contributed by atoms with Crippen LogP contribution in [0, 0.1) is 5.92 Å². The van der Waals surface area contributed by atoms with Crippen molar-refractivity contribution in [3.05, 3.63) is 61.1 Å². The number of piperidine rings is 1. The Hall–Kier alpha value is -2.71. The van der Waals surface area contributed by atoms with Crippen LogP contribution in [0.4, 0.5) is 5.82 Å². The average molecular weight is 398 g/mol. The molecule has 0 spiro atoms. The van der Waals surface area contributed by atoms with Crippen LogP contribution in [0.2, 0.25) is 0 Å². The van der Waals surface area contributed by atoms with E-state index in [0.717, 1.165) is 24.9 Å². The van der Waals surface area contributed by atoms with Crippen LogP contribution in [-0.4, -0.2) is 40.6 Å². The Morgan fingerprint density at radius 2 is 1.86 bits per heavy atom. The van der Waals surface area contributed by atoms with Crippen LogP contribution in [0.25, 0.3) is 11.1 Å². The van der Waals surface area contributed by atoms with Gasteiger partial charge in [0.1, 0.15) is 5.82 Å². The molecule has 0 bridgehead atoms. The van der Waals surface area contributed by atoms with Gasteiger partial charge in [0.2, 0.25) is 10.0 Å². The third-order valence-electron chi connectivity index (χ3n) is 5.18. The first-order valence-electron chi connectivity index (χ1n) is 9.32. The standard InChI is InChI=1S/C20H23N5O2S/c21-20-7-6-17(14-22-20)18-4-1-2-5-19(18)28(26,27)25-12-8-16(9-13-25)15-24-11-3-10-23-24/h1-7,10-11,14,16H,8-9,12-13,15H2,(H2,21,22). The molecule has 146 valence electrons. The summed E-state index contributed by atoms with van der Waals surface area (Å²) in [4.78, 5) is 4.41. The highest BCUT2D eigenvalue weighted by Gasteiger charge is 2.31. The third-order valence-corrected chi connectivity index (χ3v) is 7.14. The van der Waals surface area contributed by atoms with Gasteiger partial charge in [-0.15, -0.1) is 0 Å². The van der Waals surface area contributed by atoms with Crippen molar-refractivity contribution in [2.24, 2.45) is 5.92 Å². The smallest absolute Gasteiger partial charge is 0.243 e. The predicted molar refractivity (Wildman–Crippen MR) is 108 cm³/mol. The molecule has 0 saturated carbocycles. The van der Waals surface area contributed by atoms with E-state index in [1.54, 1.807) is 41.0 Å². The number of nitrogens with zero attached hydrogens (tertiary/aromatic N) is 4. The molecule has 7 nitrogen and oxygen atoms in total. The van der Waals surface area contributed by atoms with Crippen LogP contribution in [0.5, 0.6) is 0 Å². The molecule has 0 unspecified atom stereocenters. The molecule has 3 heterocycles. The van der Waals surface area contributed by atoms with Crippen LogP contribution >= 0.6 is 0 Å². The number of benzene rings is 1. The number of sulfonamides is 1. The lowest BCUT2D eigenvalue weighted by Crippen LogP contribution is -2.39. The molecule has 4 rings (SSSR count). The Labute approximate surface area is 164 Å². The van der Waals surface area contributed by atoms with E-state index in [1.165, 1.54) is 0 Å². The normalized spacial score (nSPS) is 16.3. The summed E-state index contributed by atoms with van der Waals surface area (Å²) < 4.78 is 30.2. The summed E-state index contributed by atoms with van der Waals surface area (Å²) in [6.45, 7) is 1.86. The number of hydrogen-bond acceptors (Lipinski definition) is 5. The van der Waals surface area contributed by atoms with Gasteiger partial charge in [0.15, 0.2) is 0 Å². The fourth-order valence-corrected chi connectivity index (χ4v) is 5.32. The molecular weight excluding hydrogens is 374 g/mol. The minimum Gasteiger partial charge on any atom is -0.384 e. The van der Waals surface area contributed by atoms with Gasteiger partial charge in [0.05, 0.1) is 4.90 Å². The van der Waals surface area contributed by atoms with Gasteiger partial charge in [0, 0.05) is 49.4 Å². The first-order valence-corrected chi connectivity index (χ1v) is 10.8. The zero-order chi connectivity index (χ0) is 19.6. The van der Waals surface area contributed by atoms with Gasteiger partial charge in [-0.05, 0) is 43.0 Å². The van der Waals surface area contributed by atoms with Crippen molar-refractivity contribution in [1.29, 1.82) is 0 Å². The molecule has 28 heavy (non-hydrogen) atoms. The predicted octanol–water partition coefficient (Wildman–Crippen LogP) is 2.63. The van der Waals surface area contributed by atoms with Crippen molar-refractivity contribution in [3.8, 4) is 11.1 Å². The Morgan fingerprint density at radius 1 is 1.07 bits per heavy atom. The number of rotatable bonds is 5. The first-order chi connectivity index (χ1) is 13.5. The minimum absolute atomic E-state index is 0.312. The van der Waals surface area contributed by atoms with Gasteiger partial charge in [-0.3, -0.25) is 4.68 Å². The second-order valence-corrected chi connectivity index (χ2v) is 8.95. The quantitative estimate of drug-likeness (QED) is 0.714. The van der Waals surface area contributed by atoms with E-state index in [9.17, 15) is 8.42 Å². The van der Waals surface area contributed by atoms with Crippen LogP contribution in [0.1, 0.15) is 12.8 Å². The van der Waals surface area contributed by atoms with Gasteiger partial charge in [-0.2, -0.15) is 9.40 Å². The Morgan fingerprint density at radius 3 is 2.54 bits per heavy atom. The number of aromatic nitrogens is 3. The van der Waals surface area contributed by atoms with Crippen LogP contribution in [0.15, 0.2) is 66.0 Å². The second kappa shape index (κ2) is 7.73. The summed E-state index contributed by atoms with van der Waals surface area (Å²) in [5.41, 5.74) is 7.05. The maximum atomic E-state index is 13.3. The maximum Gasteiger partial charge on any atom is 0.243 e. The molecule has 1 aromatic carbocycles. The van der Waals surface area contributed by atoms with Crippen molar-refractivity contribution in [1.82, 2.24) is 19.1 Å². The summed E-state index contributed by atoms with van der Waals surface area (Å²) in [6, 6.07) is 12.4. The van der Waals surface area contributed by atoms with E-state index in [1.807, 2.05) is 29.1 Å². The van der Waals surface area contributed by atoms with Crippen molar-refractivity contribution < 1.29 is 8.42 Å². The number of anilines is 1. The lowest BCUT2D eigenvalue weighted by molar-refractivity contribution is 0.247. The molecular formula is C20H23N5O2S. The highest BCUT2D eigenvalue weighted by Crippen LogP contribution is 2.31. The second-order valence-electron chi connectivity index (χ2n) is 7.04. The largest absolute Gasteiger partial charge is 0.384 e. The molecule has 1 saturated heterocycles. The molecule has 1 aliphatic rings. The monoisotopic (exact) mass is 397 g/mol. The molecule has 3 aromatic rings. The van der Waals surface area contributed by atoms with Crippen molar-refractivity contribution >= 4 is 15.8 Å². The Kier molecular flexibility index (Phi) is 5.15. The van der Waals surface area contributed by atoms with Crippen LogP contribution in [-0.2, 0) is 16.6 Å². The van der Waals surface area contributed by atoms with Gasteiger partial charge < -0.3 is 5.73 Å². The highest BCUT2D eigenvalue weighted by atomic mass is 32.2. The van der Waals surface area contributed by atoms with Crippen LogP contribution < -0.4 is 5.73 Å². The minimum atomic E-state index is -3.58. The SMILES string of the molecule is Nc1ccc(-c2ccccc2S(=O)(=O)N2CCC(Cn3cccn3)CC2)cn1. The van der Waals surface area contributed by atoms with E-state index in [0.29, 0.717) is 35.3 Å². The zero-order valence-corrected chi connectivity index (χ0v) is 16.3. The maximum absolute atomic E-state index is 13.3. The summed E-state index contributed by atoms with van der Waals surface area (Å²) in [5.74, 6) is 0.839. The van der Waals surface area contributed by atoms with E-state index in [2.05, 4.69) is 10.1 Å². The lowest BCUT2D eigenvalue weighted by Gasteiger charge is -2.31. The number of hydrogen-bond donors (Lipinski definition) is 1. The third kappa shape index (κ3) is 3.79. The number of nitrogen functional groups attached to an aromatic ring is 1. The van der Waals surface area contributed by atoms with Gasteiger partial charge in [-0.25, -0.2) is 13.4 Å². The summed E-state index contributed by atoms with van der Waals surface area (Å²) in [5, 5.41) is 4.25. The summed E-state index contributed by atoms with van der Waals surface area (Å²) in [6.07, 6.45) is 6.97. The highest BCUT2D eigenvalue weighted by molar-refractivity contribution is 7.89. The van der Waals surface area contributed by atoms with E-state index in [4.69, 9.17) is 5.73 Å². The van der Waals surface area contributed by atoms with Crippen molar-refractivity contribution in [3.63, 3.8) is 0 Å². The van der Waals surface area contributed by atoms with Gasteiger partial charge in [0.25, 0.3) is 0 Å². The summed E-state index contributed by atoms with van der Waals surface area (Å²) >= 11 is 0. The molecule has 1 aliphatic heterocycles. The van der Waals surface area contributed by atoms with E-state index in [-0.39, 0.29) is 0 Å². The Bertz CT molecular complexity index is 1020. The van der Waals surface area contributed by atoms with Crippen molar-refractivity contribution in [2.45, 2.75) is 24.3 Å². The molecule has 2 N–H and O–H groups in total.